The van der Waals surface area contributed by atoms with E-state index in [9.17, 15) is 0 Å². The van der Waals surface area contributed by atoms with E-state index in [1.54, 1.807) is 0 Å². The van der Waals surface area contributed by atoms with Crippen LogP contribution in [0.3, 0.4) is 0 Å². The summed E-state index contributed by atoms with van der Waals surface area (Å²) < 4.78 is 5.41. The number of thiophene rings is 2. The van der Waals surface area contributed by atoms with Gasteiger partial charge in [-0.2, -0.15) is 0 Å². The summed E-state index contributed by atoms with van der Waals surface area (Å²) >= 11 is 3.82. The molecule has 0 spiro atoms. The van der Waals surface area contributed by atoms with Crippen LogP contribution < -0.4 is 4.90 Å². The summed E-state index contributed by atoms with van der Waals surface area (Å²) in [5.74, 6) is 0. The Kier molecular flexibility index (Phi) is 7.97. The first kappa shape index (κ1) is 34.0. The predicted octanol–water partition coefficient (Wildman–Crippen LogP) is 17.2. The molecule has 2 aromatic heterocycles. The van der Waals surface area contributed by atoms with Gasteiger partial charge in [0.1, 0.15) is 0 Å². The molecule has 0 unspecified atom stereocenters. The predicted molar refractivity (Wildman–Crippen MR) is 258 cm³/mol. The maximum Gasteiger partial charge on any atom is 0.0468 e. The van der Waals surface area contributed by atoms with Gasteiger partial charge in [-0.15, -0.1) is 22.7 Å². The Labute approximate surface area is 350 Å². The Bertz CT molecular complexity index is 3540. The quantitative estimate of drug-likeness (QED) is 0.162. The second-order valence-corrected chi connectivity index (χ2v) is 17.4. The Morgan fingerprint density at radius 3 is 1.73 bits per heavy atom. The average Bonchev–Trinajstić information content (AvgIpc) is 3.88. The van der Waals surface area contributed by atoms with Gasteiger partial charge in [0.2, 0.25) is 0 Å². The van der Waals surface area contributed by atoms with Gasteiger partial charge in [-0.3, -0.25) is 0 Å². The number of benzene rings is 10. The van der Waals surface area contributed by atoms with E-state index in [2.05, 4.69) is 217 Å². The van der Waals surface area contributed by atoms with Crippen molar-refractivity contribution in [2.75, 3.05) is 4.90 Å². The molecule has 0 saturated carbocycles. The standard InChI is InChI=1S/C56H35NS2/c1-2-10-36(11-3-1)37-22-27-43(28-23-37)57(44-29-24-39(25-30-44)47-16-8-13-38-12-4-5-14-46(38)47)45-31-26-40-34-42(21-20-41(40)35-45)48-17-9-19-52-54(48)55-53(58-52)33-32-50-49-15-6-7-18-51(49)59-56(50)55/h1-35H. The van der Waals surface area contributed by atoms with Crippen LogP contribution in [0, 0.1) is 0 Å². The minimum Gasteiger partial charge on any atom is -0.310 e. The van der Waals surface area contributed by atoms with E-state index in [4.69, 9.17) is 0 Å². The molecule has 0 fully saturated rings. The minimum atomic E-state index is 1.11. The van der Waals surface area contributed by atoms with Crippen molar-refractivity contribution in [3.63, 3.8) is 0 Å². The molecule has 2 heterocycles. The number of rotatable bonds is 6. The van der Waals surface area contributed by atoms with Gasteiger partial charge in [0.25, 0.3) is 0 Å². The Hall–Kier alpha value is -7.04. The zero-order valence-electron chi connectivity index (χ0n) is 32.0. The lowest BCUT2D eigenvalue weighted by molar-refractivity contribution is 1.29. The highest BCUT2D eigenvalue weighted by Gasteiger charge is 2.18. The molecule has 0 saturated heterocycles. The normalized spacial score (nSPS) is 11.7. The molecule has 12 rings (SSSR count). The molecule has 0 radical (unpaired) electrons. The molecule has 0 atom stereocenters. The van der Waals surface area contributed by atoms with Crippen LogP contribution in [0.2, 0.25) is 0 Å². The molecular weight excluding hydrogens is 751 g/mol. The van der Waals surface area contributed by atoms with Gasteiger partial charge >= 0.3 is 0 Å². The van der Waals surface area contributed by atoms with Gasteiger partial charge in [-0.05, 0) is 116 Å². The molecular formula is C56H35NS2. The van der Waals surface area contributed by atoms with E-state index < -0.39 is 0 Å². The molecule has 0 aliphatic carbocycles. The largest absolute Gasteiger partial charge is 0.310 e. The van der Waals surface area contributed by atoms with Crippen molar-refractivity contribution in [3.05, 3.63) is 212 Å². The van der Waals surface area contributed by atoms with E-state index in [1.165, 1.54) is 95.3 Å². The van der Waals surface area contributed by atoms with Crippen LogP contribution in [0.15, 0.2) is 212 Å². The highest BCUT2D eigenvalue weighted by molar-refractivity contribution is 7.29. The first-order chi connectivity index (χ1) is 29.2. The second-order valence-electron chi connectivity index (χ2n) is 15.3. The van der Waals surface area contributed by atoms with Gasteiger partial charge in [0, 0.05) is 57.4 Å². The summed E-state index contributed by atoms with van der Waals surface area (Å²) in [5.41, 5.74) is 10.7. The van der Waals surface area contributed by atoms with Crippen LogP contribution in [0.25, 0.3) is 95.3 Å². The van der Waals surface area contributed by atoms with Crippen LogP contribution in [-0.2, 0) is 0 Å². The summed E-state index contributed by atoms with van der Waals surface area (Å²) in [7, 11) is 0. The van der Waals surface area contributed by atoms with Gasteiger partial charge in [-0.25, -0.2) is 0 Å². The van der Waals surface area contributed by atoms with Gasteiger partial charge in [0.15, 0.2) is 0 Å². The molecule has 59 heavy (non-hydrogen) atoms. The average molecular weight is 786 g/mol. The second kappa shape index (κ2) is 13.8. The zero-order chi connectivity index (χ0) is 38.9. The third kappa shape index (κ3) is 5.73. The van der Waals surface area contributed by atoms with E-state index in [1.807, 2.05) is 22.7 Å². The SMILES string of the molecule is c1ccc(-c2ccc(N(c3ccc(-c4cccc5ccccc45)cc3)c3ccc4cc(-c5cccc6sc7ccc8c9ccccc9sc8c7c56)ccc4c3)cc2)cc1. The molecule has 0 bridgehead atoms. The third-order valence-corrected chi connectivity index (χ3v) is 14.2. The molecule has 0 aliphatic rings. The summed E-state index contributed by atoms with van der Waals surface area (Å²) in [6.45, 7) is 0. The van der Waals surface area contributed by atoms with E-state index in [0.717, 1.165) is 17.1 Å². The van der Waals surface area contributed by atoms with Crippen LogP contribution in [0.4, 0.5) is 17.1 Å². The van der Waals surface area contributed by atoms with Crippen molar-refractivity contribution in [3.8, 4) is 33.4 Å². The number of nitrogens with zero attached hydrogens (tertiary/aromatic N) is 1. The van der Waals surface area contributed by atoms with Crippen molar-refractivity contribution in [2.45, 2.75) is 0 Å². The number of anilines is 3. The van der Waals surface area contributed by atoms with Gasteiger partial charge in [-0.1, -0.05) is 152 Å². The van der Waals surface area contributed by atoms with Crippen LogP contribution in [-0.4, -0.2) is 0 Å². The first-order valence-electron chi connectivity index (χ1n) is 20.1. The Balaban J connectivity index is 0.966. The maximum absolute atomic E-state index is 2.38. The van der Waals surface area contributed by atoms with Crippen molar-refractivity contribution in [1.82, 2.24) is 0 Å². The number of fused-ring (bicyclic) bond motifs is 9. The van der Waals surface area contributed by atoms with E-state index in [-0.39, 0.29) is 0 Å². The topological polar surface area (TPSA) is 3.24 Å². The highest BCUT2D eigenvalue weighted by Crippen LogP contribution is 2.48. The summed E-state index contributed by atoms with van der Waals surface area (Å²) in [6.07, 6.45) is 0. The molecule has 10 aromatic carbocycles. The third-order valence-electron chi connectivity index (χ3n) is 11.9. The molecule has 12 aromatic rings. The van der Waals surface area contributed by atoms with Gasteiger partial charge in [0.05, 0.1) is 0 Å². The Morgan fingerprint density at radius 2 is 0.881 bits per heavy atom. The Morgan fingerprint density at radius 1 is 0.288 bits per heavy atom. The monoisotopic (exact) mass is 785 g/mol. The summed E-state index contributed by atoms with van der Waals surface area (Å²) in [4.78, 5) is 2.38. The molecule has 0 aliphatic heterocycles. The van der Waals surface area contributed by atoms with Crippen molar-refractivity contribution in [2.24, 2.45) is 0 Å². The van der Waals surface area contributed by atoms with Crippen molar-refractivity contribution < 1.29 is 0 Å². The fraction of sp³-hybridized carbons (Fsp3) is 0. The maximum atomic E-state index is 2.38. The first-order valence-corrected chi connectivity index (χ1v) is 21.7. The molecule has 3 heteroatoms. The lowest BCUT2D eigenvalue weighted by atomic mass is 9.96. The molecule has 0 amide bonds. The lowest BCUT2D eigenvalue weighted by Gasteiger charge is -2.26. The fourth-order valence-electron chi connectivity index (χ4n) is 9.01. The summed E-state index contributed by atoms with van der Waals surface area (Å²) in [5, 5.41) is 10.4. The highest BCUT2D eigenvalue weighted by atomic mass is 32.1. The minimum absolute atomic E-state index is 1.11. The van der Waals surface area contributed by atoms with Crippen molar-refractivity contribution >= 4 is 102 Å². The van der Waals surface area contributed by atoms with Crippen LogP contribution in [0.5, 0.6) is 0 Å². The van der Waals surface area contributed by atoms with E-state index in [0.29, 0.717) is 0 Å². The molecule has 276 valence electrons. The smallest absolute Gasteiger partial charge is 0.0468 e. The summed E-state index contributed by atoms with van der Waals surface area (Å²) in [6, 6.07) is 77.9. The zero-order valence-corrected chi connectivity index (χ0v) is 33.6. The molecule has 0 N–H and O–H groups in total. The van der Waals surface area contributed by atoms with Crippen molar-refractivity contribution in [1.29, 1.82) is 0 Å². The fourth-order valence-corrected chi connectivity index (χ4v) is 11.5. The lowest BCUT2D eigenvalue weighted by Crippen LogP contribution is -2.09. The van der Waals surface area contributed by atoms with E-state index >= 15 is 0 Å². The van der Waals surface area contributed by atoms with Crippen LogP contribution in [0.1, 0.15) is 0 Å². The number of hydrogen-bond acceptors (Lipinski definition) is 3. The number of hydrogen-bond donors (Lipinski definition) is 0. The van der Waals surface area contributed by atoms with Gasteiger partial charge < -0.3 is 4.90 Å². The molecule has 1 nitrogen and oxygen atoms in total. The van der Waals surface area contributed by atoms with Crippen LogP contribution >= 0.6 is 22.7 Å².